The van der Waals surface area contributed by atoms with Gasteiger partial charge < -0.3 is 4.90 Å². The Bertz CT molecular complexity index is 1600. The first kappa shape index (κ1) is 31.5. The van der Waals surface area contributed by atoms with Gasteiger partial charge in [0.05, 0.1) is 17.5 Å². The molecule has 0 fully saturated rings. The van der Waals surface area contributed by atoms with Crippen molar-refractivity contribution in [1.82, 2.24) is 14.5 Å². The van der Waals surface area contributed by atoms with Crippen LogP contribution in [0, 0.1) is 18.6 Å². The molecule has 41 heavy (non-hydrogen) atoms. The van der Waals surface area contributed by atoms with Crippen LogP contribution in [0.15, 0.2) is 64.7 Å². The van der Waals surface area contributed by atoms with Gasteiger partial charge in [-0.05, 0) is 67.7 Å². The van der Waals surface area contributed by atoms with Gasteiger partial charge in [-0.25, -0.2) is 17.6 Å². The highest BCUT2D eigenvalue weighted by molar-refractivity contribution is 6.31. The fraction of sp³-hybridized carbons (Fsp3) is 0.267. The highest BCUT2D eigenvalue weighted by Crippen LogP contribution is 2.30. The smallest absolute Gasteiger partial charge is 0.280 e. The van der Waals surface area contributed by atoms with E-state index in [1.807, 2.05) is 0 Å². The molecule has 0 aliphatic carbocycles. The van der Waals surface area contributed by atoms with E-state index in [1.165, 1.54) is 60.2 Å². The van der Waals surface area contributed by atoms with Crippen molar-refractivity contribution in [2.45, 2.75) is 39.5 Å². The van der Waals surface area contributed by atoms with Crippen molar-refractivity contribution in [2.24, 2.45) is 4.99 Å². The predicted molar refractivity (Wildman–Crippen MR) is 153 cm³/mol. The molecule has 11 heteroatoms. The van der Waals surface area contributed by atoms with Gasteiger partial charge in [-0.2, -0.15) is 0 Å². The number of benzene rings is 1. The average molecular weight is 589 g/mol. The van der Waals surface area contributed by atoms with Crippen molar-refractivity contribution in [3.8, 4) is 0 Å². The number of halogens is 5. The Morgan fingerprint density at radius 1 is 1.20 bits per heavy atom. The molecule has 0 bridgehead atoms. The molecule has 1 unspecified atom stereocenters. The molecule has 2 heterocycles. The fourth-order valence-corrected chi connectivity index (χ4v) is 4.55. The minimum Gasteiger partial charge on any atom is -0.345 e. The van der Waals surface area contributed by atoms with Crippen LogP contribution in [0.3, 0.4) is 0 Å². The lowest BCUT2D eigenvalue weighted by Gasteiger charge is -2.18. The predicted octanol–water partition coefficient (Wildman–Crippen LogP) is 6.96. The summed E-state index contributed by atoms with van der Waals surface area (Å²) < 4.78 is 57.2. The maximum Gasteiger partial charge on any atom is 0.280 e. The van der Waals surface area contributed by atoms with Crippen LogP contribution in [0.4, 0.5) is 17.6 Å². The minimum atomic E-state index is -2.89. The van der Waals surface area contributed by atoms with Crippen LogP contribution in [0.1, 0.15) is 64.6 Å². The van der Waals surface area contributed by atoms with Crippen molar-refractivity contribution in [3.05, 3.63) is 116 Å². The molecule has 3 aromatic rings. The Balaban J connectivity index is 2.02. The van der Waals surface area contributed by atoms with Gasteiger partial charge in [0.25, 0.3) is 17.9 Å². The number of amides is 1. The van der Waals surface area contributed by atoms with E-state index in [9.17, 15) is 22.8 Å². The molecule has 6 nitrogen and oxygen atoms in total. The zero-order valence-electron chi connectivity index (χ0n) is 23.1. The lowest BCUT2D eigenvalue weighted by Crippen LogP contribution is -2.23. The van der Waals surface area contributed by atoms with Crippen LogP contribution in [0.5, 0.6) is 0 Å². The Labute approximate surface area is 240 Å². The van der Waals surface area contributed by atoms with Crippen molar-refractivity contribution in [1.29, 1.82) is 0 Å². The summed E-state index contributed by atoms with van der Waals surface area (Å²) in [5, 5.41) is -0.146. The maximum atomic E-state index is 15.4. The number of alkyl halides is 2. The van der Waals surface area contributed by atoms with Crippen LogP contribution in [0.2, 0.25) is 5.02 Å². The number of nitrogens with zero attached hydrogens (tertiary/aromatic N) is 4. The minimum absolute atomic E-state index is 0.0205. The van der Waals surface area contributed by atoms with E-state index in [2.05, 4.69) is 9.98 Å². The van der Waals surface area contributed by atoms with Gasteiger partial charge in [0.2, 0.25) is 0 Å². The Kier molecular flexibility index (Phi) is 10.4. The van der Waals surface area contributed by atoms with Gasteiger partial charge in [-0.1, -0.05) is 30.7 Å². The van der Waals surface area contributed by atoms with Gasteiger partial charge >= 0.3 is 0 Å². The monoisotopic (exact) mass is 588 g/mol. The highest BCUT2D eigenvalue weighted by Gasteiger charge is 2.22. The van der Waals surface area contributed by atoms with Crippen molar-refractivity contribution >= 4 is 29.4 Å². The number of hydrogen-bond donors (Lipinski definition) is 0. The van der Waals surface area contributed by atoms with E-state index >= 15 is 4.39 Å². The molecular weight excluding hydrogens is 560 g/mol. The summed E-state index contributed by atoms with van der Waals surface area (Å²) in [7, 11) is 3.03. The van der Waals surface area contributed by atoms with E-state index in [0.29, 0.717) is 11.3 Å². The second-order valence-corrected chi connectivity index (χ2v) is 9.89. The molecule has 1 aromatic carbocycles. The lowest BCUT2D eigenvalue weighted by molar-refractivity contribution is 0.0823. The number of hydrogen-bond acceptors (Lipinski definition) is 4. The number of pyridine rings is 2. The quantitative estimate of drug-likeness (QED) is 0.200. The first-order valence-corrected chi connectivity index (χ1v) is 13.0. The first-order valence-electron chi connectivity index (χ1n) is 12.6. The van der Waals surface area contributed by atoms with E-state index in [4.69, 9.17) is 11.6 Å². The number of aryl methyl sites for hydroxylation is 1. The summed E-state index contributed by atoms with van der Waals surface area (Å²) in [4.78, 5) is 34.7. The Morgan fingerprint density at radius 3 is 2.51 bits per heavy atom. The summed E-state index contributed by atoms with van der Waals surface area (Å²) in [5.41, 5.74) is -0.199. The van der Waals surface area contributed by atoms with E-state index < -0.39 is 41.1 Å². The summed E-state index contributed by atoms with van der Waals surface area (Å²) in [5.74, 6) is -2.55. The van der Waals surface area contributed by atoms with E-state index in [-0.39, 0.29) is 33.8 Å². The number of carbonyl (C=O) groups is 1. The largest absolute Gasteiger partial charge is 0.345 e. The van der Waals surface area contributed by atoms with Crippen LogP contribution < -0.4 is 5.56 Å². The summed E-state index contributed by atoms with van der Waals surface area (Å²) >= 11 is 6.44. The Hall–Kier alpha value is -4.05. The second kappa shape index (κ2) is 13.5. The van der Waals surface area contributed by atoms with Gasteiger partial charge in [-0.3, -0.25) is 24.1 Å². The van der Waals surface area contributed by atoms with E-state index in [1.54, 1.807) is 32.9 Å². The number of aromatic nitrogens is 2. The van der Waals surface area contributed by atoms with Gasteiger partial charge in [0, 0.05) is 37.8 Å². The molecule has 1 atom stereocenters. The van der Waals surface area contributed by atoms with Crippen molar-refractivity contribution < 1.29 is 22.4 Å². The number of carbonyl (C=O) groups excluding carboxylic acids is 1. The van der Waals surface area contributed by atoms with Gasteiger partial charge in [0.1, 0.15) is 22.4 Å². The van der Waals surface area contributed by atoms with Crippen LogP contribution in [-0.2, 0) is 6.42 Å². The summed E-state index contributed by atoms with van der Waals surface area (Å²) in [6.07, 6.45) is 3.70. The second-order valence-electron chi connectivity index (χ2n) is 9.51. The third-order valence-corrected chi connectivity index (χ3v) is 6.67. The number of aliphatic imine (C=N–C) groups is 1. The summed E-state index contributed by atoms with van der Waals surface area (Å²) in [6, 6.07) is 7.01. The average Bonchev–Trinajstić information content (AvgIpc) is 2.92. The lowest BCUT2D eigenvalue weighted by atomic mass is 9.93. The molecular formula is C30H29ClF4N4O2. The number of rotatable bonds is 9. The molecule has 0 saturated carbocycles. The molecule has 0 N–H and O–H groups in total. The number of allylic oxidation sites excluding steroid dienone is 2. The van der Waals surface area contributed by atoms with Gasteiger partial charge in [-0.15, -0.1) is 0 Å². The standard InChI is InChI=1S/C30H29ClF4N4O2/c1-6-11-36-24(21-8-7-9-22(26(21)33)29(40)38(4)5)10-12-39-18(3)14-23(25(31)30(39)41)17(2)13-19-15-20(32)16-37-27(19)28(34)35/h6-12,14-17,28H,13H2,1-5H3/b11-6+,12-10+,36-24-. The molecule has 0 radical (unpaired) electrons. The SMILES string of the molecule is C/C=C/N=C(/C=C/n1c(C)cc(C(C)Cc2cc(F)cnc2C(F)F)c(Cl)c1=O)c1cccc(C(=O)N(C)C)c1F. The maximum absolute atomic E-state index is 15.4. The van der Waals surface area contributed by atoms with Gasteiger partial charge in [0.15, 0.2) is 0 Å². The molecule has 0 spiro atoms. The van der Waals surface area contributed by atoms with Crippen molar-refractivity contribution in [2.75, 3.05) is 14.1 Å². The molecule has 0 aliphatic heterocycles. The zero-order chi connectivity index (χ0) is 30.4. The Morgan fingerprint density at radius 2 is 1.88 bits per heavy atom. The highest BCUT2D eigenvalue weighted by atomic mass is 35.5. The normalized spacial score (nSPS) is 13.0. The van der Waals surface area contributed by atoms with Crippen LogP contribution in [0.25, 0.3) is 6.20 Å². The first-order chi connectivity index (χ1) is 19.4. The molecule has 1 amide bonds. The van der Waals surface area contributed by atoms with Crippen LogP contribution in [-0.4, -0.2) is 40.2 Å². The fourth-order valence-electron chi connectivity index (χ4n) is 4.22. The van der Waals surface area contributed by atoms with Crippen molar-refractivity contribution in [3.63, 3.8) is 0 Å². The third kappa shape index (κ3) is 7.18. The topological polar surface area (TPSA) is 67.6 Å². The zero-order valence-corrected chi connectivity index (χ0v) is 23.9. The molecule has 3 rings (SSSR count). The van der Waals surface area contributed by atoms with E-state index in [0.717, 1.165) is 12.3 Å². The molecule has 2 aromatic heterocycles. The molecule has 216 valence electrons. The summed E-state index contributed by atoms with van der Waals surface area (Å²) in [6.45, 7) is 5.06. The molecule has 0 aliphatic rings. The van der Waals surface area contributed by atoms with Crippen LogP contribution >= 0.6 is 11.6 Å². The molecule has 0 saturated heterocycles. The third-order valence-electron chi connectivity index (χ3n) is 6.29.